The maximum absolute atomic E-state index is 12.7. The van der Waals surface area contributed by atoms with Crippen LogP contribution in [0.5, 0.6) is 11.5 Å². The Balaban J connectivity index is 1.74. The second kappa shape index (κ2) is 11.9. The molecule has 0 aliphatic rings. The molecule has 2 amide bonds. The second-order valence-electron chi connectivity index (χ2n) is 7.07. The van der Waals surface area contributed by atoms with E-state index in [-0.39, 0.29) is 18.9 Å². The number of hydrogen-bond acceptors (Lipinski definition) is 5. The molecule has 0 spiro atoms. The SMILES string of the molecule is COc1ccc(/C=C/C(=O)NC(C)C(=O)NCC(O)COc2cccc(C(F)(F)F)c2)cc1. The van der Waals surface area contributed by atoms with Gasteiger partial charge in [0.25, 0.3) is 0 Å². The van der Waals surface area contributed by atoms with Crippen molar-refractivity contribution in [1.29, 1.82) is 0 Å². The zero-order valence-electron chi connectivity index (χ0n) is 18.1. The van der Waals surface area contributed by atoms with Crippen LogP contribution in [-0.4, -0.2) is 49.3 Å². The fourth-order valence-electron chi connectivity index (χ4n) is 2.60. The number of halogens is 3. The lowest BCUT2D eigenvalue weighted by molar-refractivity contribution is -0.137. The van der Waals surface area contributed by atoms with Crippen LogP contribution < -0.4 is 20.1 Å². The first-order valence-electron chi connectivity index (χ1n) is 9.97. The number of aliphatic hydroxyl groups excluding tert-OH is 1. The molecule has 2 rings (SSSR count). The summed E-state index contributed by atoms with van der Waals surface area (Å²) in [5, 5.41) is 14.9. The van der Waals surface area contributed by atoms with Crippen molar-refractivity contribution in [3.8, 4) is 11.5 Å². The molecule has 2 aromatic carbocycles. The Hall–Kier alpha value is -3.53. The Kier molecular flexibility index (Phi) is 9.29. The van der Waals surface area contributed by atoms with E-state index in [1.54, 1.807) is 37.5 Å². The van der Waals surface area contributed by atoms with Crippen LogP contribution in [0.1, 0.15) is 18.1 Å². The van der Waals surface area contributed by atoms with Gasteiger partial charge in [-0.1, -0.05) is 18.2 Å². The quantitative estimate of drug-likeness (QED) is 0.468. The van der Waals surface area contributed by atoms with Crippen molar-refractivity contribution in [2.45, 2.75) is 25.2 Å². The van der Waals surface area contributed by atoms with Crippen molar-refractivity contribution in [1.82, 2.24) is 10.6 Å². The molecule has 0 aromatic heterocycles. The van der Waals surface area contributed by atoms with Crippen LogP contribution in [0.4, 0.5) is 13.2 Å². The summed E-state index contributed by atoms with van der Waals surface area (Å²) in [6, 6.07) is 10.4. The molecule has 0 aliphatic heterocycles. The number of ether oxygens (including phenoxy) is 2. The molecule has 0 bridgehead atoms. The van der Waals surface area contributed by atoms with Gasteiger partial charge in [0, 0.05) is 12.6 Å². The van der Waals surface area contributed by atoms with Crippen LogP contribution in [-0.2, 0) is 15.8 Å². The standard InChI is InChI=1S/C23H25F3N2O5/c1-15(28-21(30)11-8-16-6-9-19(32-2)10-7-16)22(31)27-13-18(29)14-33-20-5-3-4-17(12-20)23(24,25)26/h3-12,15,18,29H,13-14H2,1-2H3,(H,27,31)(H,28,30)/b11-8+. The molecule has 178 valence electrons. The molecule has 0 fully saturated rings. The zero-order valence-corrected chi connectivity index (χ0v) is 18.1. The smallest absolute Gasteiger partial charge is 0.416 e. The van der Waals surface area contributed by atoms with Gasteiger partial charge < -0.3 is 25.2 Å². The monoisotopic (exact) mass is 466 g/mol. The Bertz CT molecular complexity index is 961. The second-order valence-corrected chi connectivity index (χ2v) is 7.07. The number of hydrogen-bond donors (Lipinski definition) is 3. The summed E-state index contributed by atoms with van der Waals surface area (Å²) in [5.41, 5.74) is -0.0969. The molecule has 0 heterocycles. The molecule has 10 heteroatoms. The molecular weight excluding hydrogens is 441 g/mol. The Morgan fingerprint density at radius 1 is 1.12 bits per heavy atom. The highest BCUT2D eigenvalue weighted by Gasteiger charge is 2.30. The highest BCUT2D eigenvalue weighted by atomic mass is 19.4. The molecule has 2 unspecified atom stereocenters. The van der Waals surface area contributed by atoms with E-state index in [0.29, 0.717) is 5.75 Å². The Morgan fingerprint density at radius 3 is 2.45 bits per heavy atom. The lowest BCUT2D eigenvalue weighted by Crippen LogP contribution is -2.46. The summed E-state index contributed by atoms with van der Waals surface area (Å²) in [5.74, 6) is -0.398. The van der Waals surface area contributed by atoms with Gasteiger partial charge in [-0.25, -0.2) is 0 Å². The van der Waals surface area contributed by atoms with Crippen LogP contribution in [0.2, 0.25) is 0 Å². The van der Waals surface area contributed by atoms with Gasteiger partial charge in [0.05, 0.1) is 12.7 Å². The van der Waals surface area contributed by atoms with Crippen LogP contribution in [0, 0.1) is 0 Å². The number of carbonyl (C=O) groups excluding carboxylic acids is 2. The third-order valence-electron chi connectivity index (χ3n) is 4.41. The average molecular weight is 466 g/mol. The minimum Gasteiger partial charge on any atom is -0.497 e. The van der Waals surface area contributed by atoms with Crippen LogP contribution >= 0.6 is 0 Å². The number of benzene rings is 2. The molecule has 3 N–H and O–H groups in total. The summed E-state index contributed by atoms with van der Waals surface area (Å²) >= 11 is 0. The predicted molar refractivity (Wildman–Crippen MR) is 116 cm³/mol. The first-order valence-corrected chi connectivity index (χ1v) is 9.97. The Labute approximate surface area is 189 Å². The molecular formula is C23H25F3N2O5. The van der Waals surface area contributed by atoms with Gasteiger partial charge in [-0.15, -0.1) is 0 Å². The van der Waals surface area contributed by atoms with Crippen molar-refractivity contribution >= 4 is 17.9 Å². The molecule has 0 saturated carbocycles. The average Bonchev–Trinajstić information content (AvgIpc) is 2.79. The number of carbonyl (C=O) groups is 2. The van der Waals surface area contributed by atoms with Crippen LogP contribution in [0.25, 0.3) is 6.08 Å². The van der Waals surface area contributed by atoms with Gasteiger partial charge in [-0.3, -0.25) is 9.59 Å². The van der Waals surface area contributed by atoms with Crippen molar-refractivity contribution in [2.24, 2.45) is 0 Å². The van der Waals surface area contributed by atoms with Gasteiger partial charge in [0.1, 0.15) is 30.3 Å². The van der Waals surface area contributed by atoms with Gasteiger partial charge in [0.15, 0.2) is 0 Å². The summed E-state index contributed by atoms with van der Waals surface area (Å²) in [6.45, 7) is 0.937. The molecule has 0 saturated heterocycles. The molecule has 0 radical (unpaired) electrons. The van der Waals surface area contributed by atoms with E-state index in [1.165, 1.54) is 25.1 Å². The maximum Gasteiger partial charge on any atom is 0.416 e. The first-order chi connectivity index (χ1) is 15.6. The largest absolute Gasteiger partial charge is 0.497 e. The van der Waals surface area contributed by atoms with Crippen LogP contribution in [0.3, 0.4) is 0 Å². The fourth-order valence-corrected chi connectivity index (χ4v) is 2.60. The minimum absolute atomic E-state index is 0.0560. The minimum atomic E-state index is -4.50. The van der Waals surface area contributed by atoms with Gasteiger partial charge in [0.2, 0.25) is 11.8 Å². The molecule has 33 heavy (non-hydrogen) atoms. The highest BCUT2D eigenvalue weighted by molar-refractivity contribution is 5.95. The topological polar surface area (TPSA) is 96.9 Å². The third kappa shape index (κ3) is 8.85. The lowest BCUT2D eigenvalue weighted by atomic mass is 10.2. The van der Waals surface area contributed by atoms with Crippen LogP contribution in [0.15, 0.2) is 54.6 Å². The predicted octanol–water partition coefficient (Wildman–Crippen LogP) is 2.79. The van der Waals surface area contributed by atoms with Crippen molar-refractivity contribution in [3.63, 3.8) is 0 Å². The van der Waals surface area contributed by atoms with E-state index in [0.717, 1.165) is 17.7 Å². The highest BCUT2D eigenvalue weighted by Crippen LogP contribution is 2.31. The molecule has 7 nitrogen and oxygen atoms in total. The number of alkyl halides is 3. The third-order valence-corrected chi connectivity index (χ3v) is 4.41. The number of methoxy groups -OCH3 is 1. The van der Waals surface area contributed by atoms with E-state index >= 15 is 0 Å². The molecule has 0 aliphatic carbocycles. The van der Waals surface area contributed by atoms with E-state index < -0.39 is 35.7 Å². The zero-order chi connectivity index (χ0) is 24.4. The summed E-state index contributed by atoms with van der Waals surface area (Å²) in [4.78, 5) is 24.1. The van der Waals surface area contributed by atoms with Crippen molar-refractivity contribution in [2.75, 3.05) is 20.3 Å². The molecule has 2 atom stereocenters. The van der Waals surface area contributed by atoms with Gasteiger partial charge in [-0.05, 0) is 48.9 Å². The van der Waals surface area contributed by atoms with Crippen molar-refractivity contribution in [3.05, 3.63) is 65.7 Å². The summed E-state index contributed by atoms with van der Waals surface area (Å²) in [6.07, 6.45) is -2.81. The van der Waals surface area contributed by atoms with E-state index in [4.69, 9.17) is 9.47 Å². The lowest BCUT2D eigenvalue weighted by Gasteiger charge is -2.17. The van der Waals surface area contributed by atoms with E-state index in [9.17, 15) is 27.9 Å². The number of aliphatic hydroxyl groups is 1. The van der Waals surface area contributed by atoms with Crippen molar-refractivity contribution < 1.29 is 37.3 Å². The van der Waals surface area contributed by atoms with Gasteiger partial charge in [-0.2, -0.15) is 13.2 Å². The summed E-state index contributed by atoms with van der Waals surface area (Å²) in [7, 11) is 1.55. The van der Waals surface area contributed by atoms with E-state index in [2.05, 4.69) is 10.6 Å². The normalized spacial score (nSPS) is 13.3. The first kappa shape index (κ1) is 25.7. The maximum atomic E-state index is 12.7. The number of rotatable bonds is 10. The number of nitrogens with one attached hydrogen (secondary N) is 2. The number of amides is 2. The fraction of sp³-hybridized carbons (Fsp3) is 0.304. The summed E-state index contributed by atoms with van der Waals surface area (Å²) < 4.78 is 48.4. The molecule has 2 aromatic rings. The van der Waals surface area contributed by atoms with E-state index in [1.807, 2.05) is 0 Å². The Morgan fingerprint density at radius 2 is 1.82 bits per heavy atom. The van der Waals surface area contributed by atoms with Gasteiger partial charge >= 0.3 is 6.18 Å².